The predicted octanol–water partition coefficient (Wildman–Crippen LogP) is 4.74. The number of aromatic nitrogens is 4. The van der Waals surface area contributed by atoms with E-state index in [1.54, 1.807) is 11.1 Å². The Hall–Kier alpha value is -3.41. The Morgan fingerprint density at radius 3 is 2.84 bits per heavy atom. The summed E-state index contributed by atoms with van der Waals surface area (Å²) >= 11 is 5.17. The zero-order valence-electron chi connectivity index (χ0n) is 20.9. The summed E-state index contributed by atoms with van der Waals surface area (Å²) in [6.45, 7) is 2.72. The molecular formula is C27H25BrN6O3S. The molecule has 6 rings (SSSR count). The number of amides is 2. The molecule has 194 valence electrons. The van der Waals surface area contributed by atoms with Gasteiger partial charge in [-0.1, -0.05) is 11.3 Å². The number of fused-ring (bicyclic) bond motifs is 3. The first-order chi connectivity index (χ1) is 18.4. The highest BCUT2D eigenvalue weighted by molar-refractivity contribution is 9.10. The molecule has 1 fully saturated rings. The summed E-state index contributed by atoms with van der Waals surface area (Å²) < 4.78 is 8.13. The number of benzene rings is 1. The van der Waals surface area contributed by atoms with Crippen molar-refractivity contribution in [1.82, 2.24) is 24.6 Å². The molecule has 1 unspecified atom stereocenters. The second kappa shape index (κ2) is 10.0. The Labute approximate surface area is 232 Å². The molecule has 1 saturated heterocycles. The van der Waals surface area contributed by atoms with Gasteiger partial charge in [-0.3, -0.25) is 14.6 Å². The van der Waals surface area contributed by atoms with Crippen LogP contribution in [0.1, 0.15) is 35.0 Å². The van der Waals surface area contributed by atoms with Gasteiger partial charge in [0.05, 0.1) is 40.3 Å². The first kappa shape index (κ1) is 24.9. The van der Waals surface area contributed by atoms with E-state index in [2.05, 4.69) is 31.2 Å². The Morgan fingerprint density at radius 2 is 2.13 bits per heavy atom. The van der Waals surface area contributed by atoms with Gasteiger partial charge in [0.25, 0.3) is 5.91 Å². The first-order valence-electron chi connectivity index (χ1n) is 12.4. The van der Waals surface area contributed by atoms with Gasteiger partial charge in [0, 0.05) is 54.1 Å². The lowest BCUT2D eigenvalue weighted by Gasteiger charge is -2.23. The highest BCUT2D eigenvalue weighted by Gasteiger charge is 2.31. The van der Waals surface area contributed by atoms with Crippen molar-refractivity contribution >= 4 is 44.2 Å². The van der Waals surface area contributed by atoms with Crippen LogP contribution in [-0.2, 0) is 22.4 Å². The van der Waals surface area contributed by atoms with Crippen molar-refractivity contribution < 1.29 is 14.3 Å². The van der Waals surface area contributed by atoms with E-state index in [0.29, 0.717) is 23.9 Å². The van der Waals surface area contributed by atoms with Crippen molar-refractivity contribution in [3.05, 3.63) is 64.0 Å². The number of rotatable bonds is 5. The van der Waals surface area contributed by atoms with Crippen LogP contribution in [-0.4, -0.2) is 62.8 Å². The lowest BCUT2D eigenvalue weighted by molar-refractivity contribution is -0.114. The van der Waals surface area contributed by atoms with Gasteiger partial charge >= 0.3 is 0 Å². The second-order valence-electron chi connectivity index (χ2n) is 9.40. The highest BCUT2D eigenvalue weighted by atomic mass is 79.9. The van der Waals surface area contributed by atoms with E-state index >= 15 is 0 Å². The molecule has 0 radical (unpaired) electrons. The number of hydrogen-bond acceptors (Lipinski definition) is 7. The number of nitrogens with one attached hydrogen (secondary N) is 1. The zero-order valence-corrected chi connectivity index (χ0v) is 23.3. The van der Waals surface area contributed by atoms with Gasteiger partial charge in [-0.25, -0.2) is 9.67 Å². The van der Waals surface area contributed by atoms with E-state index in [1.165, 1.54) is 18.3 Å². The van der Waals surface area contributed by atoms with E-state index in [0.717, 1.165) is 62.5 Å². The Bertz CT molecular complexity index is 1540. The molecule has 4 heterocycles. The number of likely N-dealkylation sites (N-methyl/N-ethyl adjacent to an activating group) is 1. The molecule has 1 aromatic carbocycles. The molecule has 0 saturated carbocycles. The molecule has 38 heavy (non-hydrogen) atoms. The summed E-state index contributed by atoms with van der Waals surface area (Å²) in [7, 11) is 1.82. The fourth-order valence-electron chi connectivity index (χ4n) is 4.99. The van der Waals surface area contributed by atoms with Crippen molar-refractivity contribution in [2.75, 3.05) is 25.6 Å². The number of pyridine rings is 1. The molecule has 2 amide bonds. The van der Waals surface area contributed by atoms with Crippen molar-refractivity contribution in [2.24, 2.45) is 0 Å². The molecule has 1 aliphatic heterocycles. The van der Waals surface area contributed by atoms with E-state index in [-0.39, 0.29) is 17.9 Å². The molecule has 1 aliphatic carbocycles. The van der Waals surface area contributed by atoms with Crippen molar-refractivity contribution in [3.63, 3.8) is 0 Å². The van der Waals surface area contributed by atoms with Gasteiger partial charge in [0.1, 0.15) is 0 Å². The Kier molecular flexibility index (Phi) is 6.58. The van der Waals surface area contributed by atoms with Crippen LogP contribution in [0.2, 0.25) is 0 Å². The summed E-state index contributed by atoms with van der Waals surface area (Å²) in [5.41, 5.74) is 6.18. The largest absolute Gasteiger partial charge is 0.379 e. The van der Waals surface area contributed by atoms with Gasteiger partial charge in [-0.2, -0.15) is 5.10 Å². The summed E-state index contributed by atoms with van der Waals surface area (Å²) in [5.74, 6) is -0.200. The monoisotopic (exact) mass is 592 g/mol. The van der Waals surface area contributed by atoms with Gasteiger partial charge in [0.15, 0.2) is 5.13 Å². The summed E-state index contributed by atoms with van der Waals surface area (Å²) in [6, 6.07) is 9.60. The van der Waals surface area contributed by atoms with Gasteiger partial charge in [0.2, 0.25) is 5.91 Å². The van der Waals surface area contributed by atoms with Crippen LogP contribution in [0.25, 0.3) is 27.5 Å². The minimum atomic E-state index is -0.155. The molecule has 1 atom stereocenters. The summed E-state index contributed by atoms with van der Waals surface area (Å²) in [5, 5.41) is 8.46. The number of ether oxygens (including phenoxy) is 1. The van der Waals surface area contributed by atoms with Crippen LogP contribution in [0.15, 0.2) is 47.2 Å². The maximum Gasteiger partial charge on any atom is 0.253 e. The molecule has 3 aromatic heterocycles. The summed E-state index contributed by atoms with van der Waals surface area (Å²) in [6.07, 6.45) is 5.92. The standard InChI is InChI=1S/C27H25BrN6O3S/c1-15(35)30-27-31-21-7-6-19-23(17-4-3-10-29-13-17)32-34(24(19)25(21)38-27)22-8-5-16(12-20(22)28)26(36)33(2)18-9-11-37-14-18/h3-5,8,10,12-13,18H,6-7,9,11,14H2,1-2H3,(H,30,31,35). The number of carbonyl (C=O) groups is 2. The molecule has 0 bridgehead atoms. The smallest absolute Gasteiger partial charge is 0.253 e. The predicted molar refractivity (Wildman–Crippen MR) is 149 cm³/mol. The fourth-order valence-corrected chi connectivity index (χ4v) is 6.65. The minimum absolute atomic E-state index is 0.0454. The number of halogens is 1. The van der Waals surface area contributed by atoms with Crippen LogP contribution in [0, 0.1) is 0 Å². The Morgan fingerprint density at radius 1 is 1.26 bits per heavy atom. The highest BCUT2D eigenvalue weighted by Crippen LogP contribution is 2.44. The molecule has 2 aliphatic rings. The second-order valence-corrected chi connectivity index (χ2v) is 11.3. The number of hydrogen-bond donors (Lipinski definition) is 1. The minimum Gasteiger partial charge on any atom is -0.379 e. The van der Waals surface area contributed by atoms with Crippen LogP contribution in [0.3, 0.4) is 0 Å². The van der Waals surface area contributed by atoms with Crippen molar-refractivity contribution in [1.29, 1.82) is 0 Å². The lowest BCUT2D eigenvalue weighted by atomic mass is 9.95. The average Bonchev–Trinajstić information content (AvgIpc) is 3.66. The molecule has 4 aromatic rings. The van der Waals surface area contributed by atoms with E-state index in [1.807, 2.05) is 48.3 Å². The van der Waals surface area contributed by atoms with E-state index in [9.17, 15) is 9.59 Å². The molecule has 1 N–H and O–H groups in total. The quantitative estimate of drug-likeness (QED) is 0.359. The zero-order chi connectivity index (χ0) is 26.4. The first-order valence-corrected chi connectivity index (χ1v) is 14.0. The maximum atomic E-state index is 13.2. The SMILES string of the molecule is CC(=O)Nc1nc2c(s1)-c1c(c(-c3cccnc3)nn1-c1ccc(C(=O)N(C)C3CCOC3)cc1Br)CC2. The molecule has 11 heteroatoms. The number of anilines is 1. The fraction of sp³-hybridized carbons (Fsp3) is 0.296. The summed E-state index contributed by atoms with van der Waals surface area (Å²) in [4.78, 5) is 36.6. The van der Waals surface area contributed by atoms with Crippen molar-refractivity contribution in [2.45, 2.75) is 32.2 Å². The van der Waals surface area contributed by atoms with E-state index in [4.69, 9.17) is 9.84 Å². The number of thiazole rings is 1. The normalized spacial score (nSPS) is 16.1. The average molecular weight is 594 g/mol. The van der Waals surface area contributed by atoms with E-state index < -0.39 is 0 Å². The molecular weight excluding hydrogens is 568 g/mol. The maximum absolute atomic E-state index is 13.2. The van der Waals surface area contributed by atoms with Crippen LogP contribution in [0.4, 0.5) is 5.13 Å². The third-order valence-electron chi connectivity index (χ3n) is 6.92. The third-order valence-corrected chi connectivity index (χ3v) is 8.58. The van der Waals surface area contributed by atoms with Gasteiger partial charge in [-0.05, 0) is 65.5 Å². The number of carbonyl (C=O) groups excluding carboxylic acids is 2. The van der Waals surface area contributed by atoms with Crippen LogP contribution in [0.5, 0.6) is 0 Å². The van der Waals surface area contributed by atoms with Gasteiger partial charge in [-0.15, -0.1) is 0 Å². The number of aryl methyl sites for hydroxylation is 1. The van der Waals surface area contributed by atoms with Crippen LogP contribution < -0.4 is 5.32 Å². The topological polar surface area (TPSA) is 102 Å². The lowest BCUT2D eigenvalue weighted by Crippen LogP contribution is -2.37. The van der Waals surface area contributed by atoms with Crippen molar-refractivity contribution in [3.8, 4) is 27.5 Å². The van der Waals surface area contributed by atoms with Crippen LogP contribution >= 0.6 is 27.3 Å². The number of nitrogens with zero attached hydrogens (tertiary/aromatic N) is 5. The molecule has 9 nitrogen and oxygen atoms in total. The molecule has 0 spiro atoms. The Balaban J connectivity index is 1.45. The third kappa shape index (κ3) is 4.44. The van der Waals surface area contributed by atoms with Gasteiger partial charge < -0.3 is 15.0 Å².